The molecule has 26 heavy (non-hydrogen) atoms. The maximum atomic E-state index is 12.5. The molecule has 0 fully saturated rings. The number of rotatable bonds is 4. The summed E-state index contributed by atoms with van der Waals surface area (Å²) < 4.78 is 23.2. The van der Waals surface area contributed by atoms with Gasteiger partial charge in [-0.3, -0.25) is 9.00 Å². The van der Waals surface area contributed by atoms with E-state index in [1.165, 1.54) is 6.07 Å². The maximum absolute atomic E-state index is 12.5. The molecule has 1 unspecified atom stereocenters. The van der Waals surface area contributed by atoms with E-state index in [1.54, 1.807) is 55.6 Å². The Hall–Kier alpha value is -2.37. The number of halogens is 1. The van der Waals surface area contributed by atoms with Gasteiger partial charge in [0.15, 0.2) is 5.76 Å². The Balaban J connectivity index is 2.10. The first kappa shape index (κ1) is 18.4. The first-order valence-electron chi connectivity index (χ1n) is 7.88. The molecule has 6 heteroatoms. The molecule has 1 aromatic heterocycles. The summed E-state index contributed by atoms with van der Waals surface area (Å²) in [6, 6.07) is 13.6. The van der Waals surface area contributed by atoms with Crippen molar-refractivity contribution in [2.45, 2.75) is 18.7 Å². The summed E-state index contributed by atoms with van der Waals surface area (Å²) in [6.07, 6.45) is 1.61. The van der Waals surface area contributed by atoms with Crippen LogP contribution < -0.4 is 10.2 Å². The highest BCUT2D eigenvalue weighted by atomic mass is 35.5. The Kier molecular flexibility index (Phi) is 5.30. The molecule has 0 saturated heterocycles. The van der Waals surface area contributed by atoms with Gasteiger partial charge in [0.1, 0.15) is 11.5 Å². The summed E-state index contributed by atoms with van der Waals surface area (Å²) in [5.74, 6) is 1.44. The van der Waals surface area contributed by atoms with E-state index in [-0.39, 0.29) is 11.2 Å². The van der Waals surface area contributed by atoms with Crippen LogP contribution >= 0.6 is 11.6 Å². The standard InChI is InChI=1S/C20H17ClO4S/c1-12-10-15(21)6-9-18(12)25-20-17(22)11-13(2)24-19(20)14-4-7-16(8-5-14)26(3)23/h4-11H,1-3H3. The molecule has 0 radical (unpaired) electrons. The summed E-state index contributed by atoms with van der Waals surface area (Å²) in [5.41, 5.74) is 1.20. The molecule has 4 nitrogen and oxygen atoms in total. The lowest BCUT2D eigenvalue weighted by Gasteiger charge is -2.12. The Labute approximate surface area is 158 Å². The van der Waals surface area contributed by atoms with E-state index < -0.39 is 10.8 Å². The van der Waals surface area contributed by atoms with Crippen molar-refractivity contribution in [3.8, 4) is 22.8 Å². The molecule has 2 aromatic carbocycles. The largest absolute Gasteiger partial charge is 0.457 e. The Morgan fingerprint density at radius 3 is 2.35 bits per heavy atom. The van der Waals surface area contributed by atoms with E-state index in [1.807, 2.05) is 6.92 Å². The van der Waals surface area contributed by atoms with E-state index >= 15 is 0 Å². The molecule has 134 valence electrons. The minimum atomic E-state index is -1.08. The lowest BCUT2D eigenvalue weighted by molar-refractivity contribution is 0.436. The zero-order chi connectivity index (χ0) is 18.8. The Morgan fingerprint density at radius 1 is 1.04 bits per heavy atom. The molecular weight excluding hydrogens is 372 g/mol. The first-order chi connectivity index (χ1) is 12.3. The van der Waals surface area contributed by atoms with Gasteiger partial charge in [0.05, 0.1) is 0 Å². The molecule has 0 aliphatic rings. The molecule has 0 aliphatic heterocycles. The normalized spacial score (nSPS) is 12.0. The zero-order valence-corrected chi connectivity index (χ0v) is 16.1. The number of hydrogen-bond acceptors (Lipinski definition) is 4. The molecule has 3 rings (SSSR count). The van der Waals surface area contributed by atoms with Crippen LogP contribution in [0.2, 0.25) is 5.02 Å². The molecule has 0 aliphatic carbocycles. The van der Waals surface area contributed by atoms with Crippen LogP contribution in [0.3, 0.4) is 0 Å². The fourth-order valence-electron chi connectivity index (χ4n) is 2.52. The summed E-state index contributed by atoms with van der Waals surface area (Å²) in [4.78, 5) is 13.2. The predicted octanol–water partition coefficient (Wildman–Crippen LogP) is 5.11. The first-order valence-corrected chi connectivity index (χ1v) is 9.81. The monoisotopic (exact) mass is 388 g/mol. The van der Waals surface area contributed by atoms with Gasteiger partial charge in [-0.15, -0.1) is 0 Å². The van der Waals surface area contributed by atoms with Gasteiger partial charge in [0.2, 0.25) is 11.2 Å². The van der Waals surface area contributed by atoms with Gasteiger partial charge in [0, 0.05) is 38.6 Å². The quantitative estimate of drug-likeness (QED) is 0.623. The number of ether oxygens (including phenoxy) is 1. The van der Waals surface area contributed by atoms with E-state index in [2.05, 4.69) is 0 Å². The third-order valence-corrected chi connectivity index (χ3v) is 5.00. The van der Waals surface area contributed by atoms with Crippen molar-refractivity contribution < 1.29 is 13.4 Å². The van der Waals surface area contributed by atoms with Crippen LogP contribution in [0.5, 0.6) is 11.5 Å². The molecule has 0 N–H and O–H groups in total. The Bertz CT molecular complexity index is 1040. The molecule has 0 spiro atoms. The zero-order valence-electron chi connectivity index (χ0n) is 14.5. The second kappa shape index (κ2) is 7.48. The minimum absolute atomic E-state index is 0.103. The van der Waals surface area contributed by atoms with Crippen LogP contribution in [0.15, 0.2) is 62.6 Å². The SMILES string of the molecule is Cc1cc(=O)c(Oc2ccc(Cl)cc2C)c(-c2ccc(S(C)=O)cc2)o1. The van der Waals surface area contributed by atoms with Crippen molar-refractivity contribution in [3.63, 3.8) is 0 Å². The highest BCUT2D eigenvalue weighted by Gasteiger charge is 2.17. The van der Waals surface area contributed by atoms with E-state index in [0.29, 0.717) is 32.8 Å². The smallest absolute Gasteiger partial charge is 0.228 e. The molecule has 0 amide bonds. The lowest BCUT2D eigenvalue weighted by atomic mass is 10.1. The summed E-state index contributed by atoms with van der Waals surface area (Å²) in [5, 5.41) is 0.592. The number of hydrogen-bond donors (Lipinski definition) is 0. The summed E-state index contributed by atoms with van der Waals surface area (Å²) >= 11 is 5.98. The van der Waals surface area contributed by atoms with Gasteiger partial charge >= 0.3 is 0 Å². The molecular formula is C20H17ClO4S. The topological polar surface area (TPSA) is 56.5 Å². The average Bonchev–Trinajstić information content (AvgIpc) is 2.59. The average molecular weight is 389 g/mol. The second-order valence-corrected chi connectivity index (χ2v) is 7.69. The van der Waals surface area contributed by atoms with Crippen molar-refractivity contribution in [2.24, 2.45) is 0 Å². The number of aryl methyl sites for hydroxylation is 2. The third kappa shape index (κ3) is 3.89. The number of benzene rings is 2. The van der Waals surface area contributed by atoms with Crippen molar-refractivity contribution in [3.05, 3.63) is 75.1 Å². The van der Waals surface area contributed by atoms with E-state index in [9.17, 15) is 9.00 Å². The van der Waals surface area contributed by atoms with Crippen LogP contribution in [0.25, 0.3) is 11.3 Å². The predicted molar refractivity (Wildman–Crippen MR) is 104 cm³/mol. The molecule has 3 aromatic rings. The van der Waals surface area contributed by atoms with Crippen molar-refractivity contribution >= 4 is 22.4 Å². The van der Waals surface area contributed by atoms with Crippen LogP contribution in [-0.4, -0.2) is 10.5 Å². The van der Waals surface area contributed by atoms with Gasteiger partial charge < -0.3 is 9.15 Å². The fraction of sp³-hybridized carbons (Fsp3) is 0.150. The van der Waals surface area contributed by atoms with Gasteiger partial charge in [-0.25, -0.2) is 0 Å². The van der Waals surface area contributed by atoms with Crippen molar-refractivity contribution in [1.82, 2.24) is 0 Å². The van der Waals surface area contributed by atoms with Crippen LogP contribution in [0, 0.1) is 13.8 Å². The lowest BCUT2D eigenvalue weighted by Crippen LogP contribution is -2.06. The van der Waals surface area contributed by atoms with Crippen molar-refractivity contribution in [1.29, 1.82) is 0 Å². The van der Waals surface area contributed by atoms with Gasteiger partial charge in [-0.2, -0.15) is 0 Å². The fourth-order valence-corrected chi connectivity index (χ4v) is 3.27. The molecule has 0 saturated carbocycles. The summed E-state index contributed by atoms with van der Waals surface area (Å²) in [7, 11) is -1.08. The van der Waals surface area contributed by atoms with Gasteiger partial charge in [0.25, 0.3) is 0 Å². The minimum Gasteiger partial charge on any atom is -0.457 e. The van der Waals surface area contributed by atoms with Crippen LogP contribution in [0.1, 0.15) is 11.3 Å². The van der Waals surface area contributed by atoms with Crippen LogP contribution in [0.4, 0.5) is 0 Å². The maximum Gasteiger partial charge on any atom is 0.228 e. The molecule has 1 heterocycles. The van der Waals surface area contributed by atoms with Gasteiger partial charge in [-0.1, -0.05) is 11.6 Å². The van der Waals surface area contributed by atoms with Crippen molar-refractivity contribution in [2.75, 3.05) is 6.26 Å². The highest BCUT2D eigenvalue weighted by molar-refractivity contribution is 7.84. The van der Waals surface area contributed by atoms with Gasteiger partial charge in [-0.05, 0) is 61.9 Å². The summed E-state index contributed by atoms with van der Waals surface area (Å²) in [6.45, 7) is 3.56. The molecule has 0 bridgehead atoms. The third-order valence-electron chi connectivity index (χ3n) is 3.82. The van der Waals surface area contributed by atoms with E-state index in [4.69, 9.17) is 20.8 Å². The molecule has 1 atom stereocenters. The van der Waals surface area contributed by atoms with E-state index in [0.717, 1.165) is 5.56 Å². The van der Waals surface area contributed by atoms with Crippen LogP contribution in [-0.2, 0) is 10.8 Å². The second-order valence-electron chi connectivity index (χ2n) is 5.87. The highest BCUT2D eigenvalue weighted by Crippen LogP contribution is 2.33. The Morgan fingerprint density at radius 2 is 1.73 bits per heavy atom.